The van der Waals surface area contributed by atoms with Gasteiger partial charge in [-0.25, -0.2) is 4.68 Å². The lowest BCUT2D eigenvalue weighted by Gasteiger charge is -2.12. The van der Waals surface area contributed by atoms with E-state index >= 15 is 0 Å². The average molecular weight is 406 g/mol. The van der Waals surface area contributed by atoms with Crippen molar-refractivity contribution < 1.29 is 4.79 Å². The third-order valence-corrected chi connectivity index (χ3v) is 5.43. The van der Waals surface area contributed by atoms with Crippen LogP contribution < -0.4 is 16.2 Å². The van der Waals surface area contributed by atoms with E-state index in [1.807, 2.05) is 48.9 Å². The van der Waals surface area contributed by atoms with Gasteiger partial charge in [0, 0.05) is 6.54 Å². The van der Waals surface area contributed by atoms with Crippen molar-refractivity contribution in [1.29, 1.82) is 0 Å². The fraction of sp³-hybridized carbons (Fsp3) is 0.421. The summed E-state index contributed by atoms with van der Waals surface area (Å²) in [7, 11) is 0. The van der Waals surface area contributed by atoms with E-state index in [4.69, 9.17) is 12.2 Å². The van der Waals surface area contributed by atoms with Gasteiger partial charge in [0.1, 0.15) is 0 Å². The number of amides is 1. The summed E-state index contributed by atoms with van der Waals surface area (Å²) in [4.78, 5) is 13.1. The first-order valence-corrected chi connectivity index (χ1v) is 10.3. The molecule has 0 unspecified atom stereocenters. The van der Waals surface area contributed by atoms with Crippen LogP contribution in [-0.2, 0) is 4.79 Å². The number of thiocarbonyl (C=S) groups is 1. The summed E-state index contributed by atoms with van der Waals surface area (Å²) in [6.07, 6.45) is 1.02. The Morgan fingerprint density at radius 2 is 1.93 bits per heavy atom. The van der Waals surface area contributed by atoms with Gasteiger partial charge in [-0.3, -0.25) is 15.6 Å². The first-order chi connectivity index (χ1) is 12.9. The van der Waals surface area contributed by atoms with Crippen LogP contribution in [0.5, 0.6) is 0 Å². The maximum atomic E-state index is 12.1. The van der Waals surface area contributed by atoms with E-state index in [2.05, 4.69) is 35.1 Å². The van der Waals surface area contributed by atoms with E-state index in [9.17, 15) is 4.79 Å². The highest BCUT2D eigenvalue weighted by Gasteiger charge is 2.14. The minimum Gasteiger partial charge on any atom is -0.361 e. The van der Waals surface area contributed by atoms with E-state index in [1.165, 1.54) is 11.8 Å². The number of carbonyl (C=O) groups is 1. The van der Waals surface area contributed by atoms with Crippen molar-refractivity contribution in [2.45, 2.75) is 39.0 Å². The van der Waals surface area contributed by atoms with Crippen molar-refractivity contribution in [2.24, 2.45) is 5.92 Å². The SMILES string of the molecule is Cc1nn(-c2ccccc2)c(C)c1SCC(=O)NNC(=S)NCCC(C)C. The lowest BCUT2D eigenvalue weighted by Crippen LogP contribution is -2.47. The number of para-hydroxylation sites is 1. The van der Waals surface area contributed by atoms with Crippen LogP contribution in [0.1, 0.15) is 31.7 Å². The van der Waals surface area contributed by atoms with Gasteiger partial charge < -0.3 is 5.32 Å². The molecule has 0 fully saturated rings. The molecule has 6 nitrogen and oxygen atoms in total. The summed E-state index contributed by atoms with van der Waals surface area (Å²) in [5.74, 6) is 0.748. The Balaban J connectivity index is 1.83. The Hall–Kier alpha value is -2.06. The second-order valence-corrected chi connectivity index (χ2v) is 8.04. The number of rotatable bonds is 7. The van der Waals surface area contributed by atoms with Gasteiger partial charge in [-0.15, -0.1) is 11.8 Å². The maximum Gasteiger partial charge on any atom is 0.248 e. The summed E-state index contributed by atoms with van der Waals surface area (Å²) in [6, 6.07) is 9.96. The van der Waals surface area contributed by atoms with Gasteiger partial charge in [-0.2, -0.15) is 5.10 Å². The first-order valence-electron chi connectivity index (χ1n) is 8.95. The fourth-order valence-corrected chi connectivity index (χ4v) is 3.52. The second kappa shape index (κ2) is 10.3. The molecule has 27 heavy (non-hydrogen) atoms. The highest BCUT2D eigenvalue weighted by molar-refractivity contribution is 8.00. The van der Waals surface area contributed by atoms with Crippen LogP contribution in [0, 0.1) is 19.8 Å². The molecule has 1 aromatic heterocycles. The second-order valence-electron chi connectivity index (χ2n) is 6.65. The summed E-state index contributed by atoms with van der Waals surface area (Å²) in [5.41, 5.74) is 8.31. The smallest absolute Gasteiger partial charge is 0.248 e. The molecule has 0 aliphatic rings. The third-order valence-electron chi connectivity index (χ3n) is 3.90. The van der Waals surface area contributed by atoms with Crippen molar-refractivity contribution in [1.82, 2.24) is 25.9 Å². The zero-order chi connectivity index (χ0) is 19.8. The van der Waals surface area contributed by atoms with Crippen LogP contribution in [0.2, 0.25) is 0 Å². The number of benzene rings is 1. The Labute approximate surface area is 170 Å². The summed E-state index contributed by atoms with van der Waals surface area (Å²) < 4.78 is 1.90. The van der Waals surface area contributed by atoms with Gasteiger partial charge in [0.25, 0.3) is 0 Å². The molecule has 0 saturated carbocycles. The van der Waals surface area contributed by atoms with Gasteiger partial charge in [-0.05, 0) is 50.5 Å². The lowest BCUT2D eigenvalue weighted by atomic mass is 10.1. The van der Waals surface area contributed by atoms with Crippen LogP contribution in [0.25, 0.3) is 5.69 Å². The number of nitrogens with one attached hydrogen (secondary N) is 3. The summed E-state index contributed by atoms with van der Waals surface area (Å²) in [5, 5.41) is 8.10. The number of hydrogen-bond donors (Lipinski definition) is 3. The molecule has 0 radical (unpaired) electrons. The number of thioether (sulfide) groups is 1. The third kappa shape index (κ3) is 6.55. The standard InChI is InChI=1S/C19H27N5OS2/c1-13(2)10-11-20-19(26)22-21-17(25)12-27-18-14(3)23-24(15(18)4)16-8-6-5-7-9-16/h5-9,13H,10-12H2,1-4H3,(H,21,25)(H2,20,22,26). The van der Waals surface area contributed by atoms with Gasteiger partial charge >= 0.3 is 0 Å². The number of aromatic nitrogens is 2. The van der Waals surface area contributed by atoms with Gasteiger partial charge in [-0.1, -0.05) is 32.0 Å². The topological polar surface area (TPSA) is 71.0 Å². The molecule has 0 bridgehead atoms. The normalized spacial score (nSPS) is 10.7. The molecule has 0 spiro atoms. The maximum absolute atomic E-state index is 12.1. The number of nitrogens with zero attached hydrogens (tertiary/aromatic N) is 2. The minimum absolute atomic E-state index is 0.140. The predicted octanol–water partition coefficient (Wildman–Crippen LogP) is 3.12. The average Bonchev–Trinajstić information content (AvgIpc) is 2.92. The predicted molar refractivity (Wildman–Crippen MR) is 115 cm³/mol. The van der Waals surface area contributed by atoms with Gasteiger partial charge in [0.05, 0.1) is 27.7 Å². The molecule has 0 aliphatic carbocycles. The molecular weight excluding hydrogens is 378 g/mol. The van der Waals surface area contributed by atoms with Crippen LogP contribution >= 0.6 is 24.0 Å². The van der Waals surface area contributed by atoms with Crippen LogP contribution in [0.3, 0.4) is 0 Å². The molecule has 0 atom stereocenters. The number of carbonyl (C=O) groups excluding carboxylic acids is 1. The molecule has 1 amide bonds. The zero-order valence-electron chi connectivity index (χ0n) is 16.2. The minimum atomic E-state index is -0.140. The molecule has 8 heteroatoms. The molecule has 3 N–H and O–H groups in total. The molecule has 2 rings (SSSR count). The Morgan fingerprint density at radius 1 is 1.22 bits per heavy atom. The van der Waals surface area contributed by atoms with Crippen LogP contribution in [-0.4, -0.2) is 33.1 Å². The monoisotopic (exact) mass is 405 g/mol. The lowest BCUT2D eigenvalue weighted by molar-refractivity contribution is -0.119. The van der Waals surface area contributed by atoms with Gasteiger partial charge in [0.15, 0.2) is 5.11 Å². The largest absolute Gasteiger partial charge is 0.361 e. The summed E-state index contributed by atoms with van der Waals surface area (Å²) >= 11 is 6.62. The Kier molecular flexibility index (Phi) is 8.12. The van der Waals surface area contributed by atoms with E-state index in [1.54, 1.807) is 0 Å². The molecule has 146 valence electrons. The molecule has 1 aromatic carbocycles. The molecule has 0 aliphatic heterocycles. The van der Waals surface area contributed by atoms with E-state index in [0.717, 1.165) is 34.9 Å². The number of hydrazine groups is 1. The first kappa shape index (κ1) is 21.2. The fourth-order valence-electron chi connectivity index (χ4n) is 2.48. The zero-order valence-corrected chi connectivity index (χ0v) is 17.8. The van der Waals surface area contributed by atoms with Crippen molar-refractivity contribution in [3.8, 4) is 5.69 Å². The molecule has 1 heterocycles. The Bertz CT molecular complexity index is 774. The quantitative estimate of drug-likeness (QED) is 0.374. The summed E-state index contributed by atoms with van der Waals surface area (Å²) in [6.45, 7) is 9.06. The van der Waals surface area contributed by atoms with E-state index < -0.39 is 0 Å². The van der Waals surface area contributed by atoms with Gasteiger partial charge in [0.2, 0.25) is 5.91 Å². The van der Waals surface area contributed by atoms with Crippen molar-refractivity contribution in [2.75, 3.05) is 12.3 Å². The molecule has 2 aromatic rings. The van der Waals surface area contributed by atoms with Crippen molar-refractivity contribution in [3.05, 3.63) is 41.7 Å². The number of hydrogen-bond acceptors (Lipinski definition) is 4. The van der Waals surface area contributed by atoms with E-state index in [-0.39, 0.29) is 11.7 Å². The van der Waals surface area contributed by atoms with Crippen molar-refractivity contribution in [3.63, 3.8) is 0 Å². The van der Waals surface area contributed by atoms with E-state index in [0.29, 0.717) is 11.0 Å². The molecule has 0 saturated heterocycles. The highest BCUT2D eigenvalue weighted by atomic mass is 32.2. The molecular formula is C19H27N5OS2. The highest BCUT2D eigenvalue weighted by Crippen LogP contribution is 2.27. The Morgan fingerprint density at radius 3 is 2.59 bits per heavy atom. The van der Waals surface area contributed by atoms with Crippen LogP contribution in [0.4, 0.5) is 0 Å². The number of aryl methyl sites for hydroxylation is 1. The van der Waals surface area contributed by atoms with Crippen molar-refractivity contribution >= 4 is 35.0 Å². The van der Waals surface area contributed by atoms with Crippen LogP contribution in [0.15, 0.2) is 35.2 Å².